The van der Waals surface area contributed by atoms with E-state index in [1.807, 2.05) is 5.38 Å². The van der Waals surface area contributed by atoms with Crippen molar-refractivity contribution in [3.05, 3.63) is 40.1 Å². The highest BCUT2D eigenvalue weighted by molar-refractivity contribution is 7.92. The maximum atomic E-state index is 12.3. The van der Waals surface area contributed by atoms with Gasteiger partial charge in [-0.1, -0.05) is 0 Å². The predicted molar refractivity (Wildman–Crippen MR) is 75.5 cm³/mol. The second kappa shape index (κ2) is 4.62. The largest absolute Gasteiger partial charge is 0.399 e. The van der Waals surface area contributed by atoms with Crippen molar-refractivity contribution in [3.63, 3.8) is 0 Å². The van der Waals surface area contributed by atoms with E-state index >= 15 is 0 Å². The maximum absolute atomic E-state index is 12.3. The number of hydrogen-bond acceptors (Lipinski definition) is 4. The Morgan fingerprint density at radius 2 is 1.83 bits per heavy atom. The van der Waals surface area contributed by atoms with Crippen molar-refractivity contribution < 1.29 is 8.42 Å². The Morgan fingerprint density at radius 1 is 1.22 bits per heavy atom. The number of nitrogens with one attached hydrogen (secondary N) is 1. The van der Waals surface area contributed by atoms with Gasteiger partial charge in [-0.05, 0) is 48.6 Å². The molecule has 0 atom stereocenters. The van der Waals surface area contributed by atoms with Gasteiger partial charge in [0.25, 0.3) is 10.0 Å². The molecule has 1 heterocycles. The van der Waals surface area contributed by atoms with E-state index in [0.717, 1.165) is 0 Å². The van der Waals surface area contributed by atoms with Gasteiger partial charge < -0.3 is 5.73 Å². The van der Waals surface area contributed by atoms with Crippen LogP contribution in [0, 0.1) is 13.8 Å². The lowest BCUT2D eigenvalue weighted by Gasteiger charge is -2.12. The van der Waals surface area contributed by atoms with Gasteiger partial charge >= 0.3 is 0 Å². The Labute approximate surface area is 111 Å². The zero-order chi connectivity index (χ0) is 13.3. The molecule has 4 nitrogen and oxygen atoms in total. The van der Waals surface area contributed by atoms with E-state index in [1.54, 1.807) is 37.4 Å². The van der Waals surface area contributed by atoms with Gasteiger partial charge in [0.05, 0.1) is 10.6 Å². The van der Waals surface area contributed by atoms with Gasteiger partial charge in [0.15, 0.2) is 0 Å². The number of thiophene rings is 1. The highest BCUT2D eigenvalue weighted by Crippen LogP contribution is 2.25. The second-order valence-electron chi connectivity index (χ2n) is 4.10. The molecule has 0 unspecified atom stereocenters. The Bertz CT molecular complexity index is 638. The molecule has 3 N–H and O–H groups in total. The van der Waals surface area contributed by atoms with E-state index in [4.69, 9.17) is 5.73 Å². The first kappa shape index (κ1) is 12.9. The van der Waals surface area contributed by atoms with Gasteiger partial charge in [-0.3, -0.25) is 4.72 Å². The third-order valence-corrected chi connectivity index (χ3v) is 4.89. The van der Waals surface area contributed by atoms with Crippen molar-refractivity contribution in [2.75, 3.05) is 10.5 Å². The fourth-order valence-electron chi connectivity index (χ4n) is 1.94. The average molecular weight is 282 g/mol. The number of hydrogen-bond donors (Lipinski definition) is 2. The molecule has 2 rings (SSSR count). The standard InChI is InChI=1S/C12H14N2O2S2/c1-8-5-10(13)6-9(2)12(8)18(15,16)14-11-3-4-17-7-11/h3-7,14H,13H2,1-2H3. The number of rotatable bonds is 3. The van der Waals surface area contributed by atoms with Crippen molar-refractivity contribution in [1.82, 2.24) is 0 Å². The predicted octanol–water partition coefficient (Wildman–Crippen LogP) is 2.75. The molecule has 0 amide bonds. The number of aryl methyl sites for hydroxylation is 2. The van der Waals surface area contributed by atoms with Gasteiger partial charge in [0.1, 0.15) is 0 Å². The molecule has 96 valence electrons. The molecule has 0 aliphatic heterocycles. The lowest BCUT2D eigenvalue weighted by atomic mass is 10.1. The van der Waals surface area contributed by atoms with Crippen LogP contribution in [0.4, 0.5) is 11.4 Å². The van der Waals surface area contributed by atoms with Gasteiger partial charge in [-0.2, -0.15) is 11.3 Å². The Balaban J connectivity index is 2.48. The normalized spacial score (nSPS) is 11.4. The summed E-state index contributed by atoms with van der Waals surface area (Å²) in [6, 6.07) is 5.05. The Hall–Kier alpha value is -1.53. The van der Waals surface area contributed by atoms with E-state index in [0.29, 0.717) is 27.4 Å². The van der Waals surface area contributed by atoms with Gasteiger partial charge in [0.2, 0.25) is 0 Å². The van der Waals surface area contributed by atoms with E-state index in [-0.39, 0.29) is 0 Å². The monoisotopic (exact) mass is 282 g/mol. The number of anilines is 2. The molecule has 0 aliphatic carbocycles. The van der Waals surface area contributed by atoms with Crippen molar-refractivity contribution in [1.29, 1.82) is 0 Å². The molecule has 0 fully saturated rings. The summed E-state index contributed by atoms with van der Waals surface area (Å²) in [4.78, 5) is 0.294. The highest BCUT2D eigenvalue weighted by atomic mass is 32.2. The van der Waals surface area contributed by atoms with E-state index in [1.165, 1.54) is 11.3 Å². The summed E-state index contributed by atoms with van der Waals surface area (Å²) in [5, 5.41) is 3.57. The molecule has 2 aromatic rings. The van der Waals surface area contributed by atoms with Crippen LogP contribution in [-0.2, 0) is 10.0 Å². The molecular formula is C12H14N2O2S2. The minimum atomic E-state index is -3.56. The maximum Gasteiger partial charge on any atom is 0.262 e. The van der Waals surface area contributed by atoms with E-state index in [9.17, 15) is 8.42 Å². The third-order valence-electron chi connectivity index (χ3n) is 2.52. The molecule has 0 aliphatic rings. The van der Waals surface area contributed by atoms with Crippen molar-refractivity contribution in [3.8, 4) is 0 Å². The van der Waals surface area contributed by atoms with Gasteiger partial charge in [-0.25, -0.2) is 8.42 Å². The van der Waals surface area contributed by atoms with Crippen molar-refractivity contribution >= 4 is 32.7 Å². The first-order valence-corrected chi connectivity index (χ1v) is 7.74. The Kier molecular flexibility index (Phi) is 3.32. The van der Waals surface area contributed by atoms with Crippen LogP contribution in [0.15, 0.2) is 33.9 Å². The van der Waals surface area contributed by atoms with Crippen molar-refractivity contribution in [2.24, 2.45) is 0 Å². The van der Waals surface area contributed by atoms with E-state index in [2.05, 4.69) is 4.72 Å². The molecular weight excluding hydrogens is 268 g/mol. The molecule has 18 heavy (non-hydrogen) atoms. The molecule has 0 bridgehead atoms. The third kappa shape index (κ3) is 2.49. The molecule has 1 aromatic heterocycles. The van der Waals surface area contributed by atoms with Gasteiger partial charge in [-0.15, -0.1) is 0 Å². The summed E-state index contributed by atoms with van der Waals surface area (Å²) in [5.74, 6) is 0. The average Bonchev–Trinajstić information content (AvgIpc) is 2.66. The second-order valence-corrected chi connectivity index (χ2v) is 6.50. The molecule has 0 saturated heterocycles. The fraction of sp³-hybridized carbons (Fsp3) is 0.167. The Morgan fingerprint density at radius 3 is 2.33 bits per heavy atom. The molecule has 0 spiro atoms. The minimum absolute atomic E-state index is 0.294. The zero-order valence-electron chi connectivity index (χ0n) is 10.1. The van der Waals surface area contributed by atoms with Crippen LogP contribution in [0.3, 0.4) is 0 Å². The van der Waals surface area contributed by atoms with E-state index < -0.39 is 10.0 Å². The summed E-state index contributed by atoms with van der Waals surface area (Å²) in [6.07, 6.45) is 0. The van der Waals surface area contributed by atoms with Gasteiger partial charge in [0, 0.05) is 11.1 Å². The van der Waals surface area contributed by atoms with Crippen LogP contribution >= 0.6 is 11.3 Å². The van der Waals surface area contributed by atoms with Crippen LogP contribution in [0.2, 0.25) is 0 Å². The van der Waals surface area contributed by atoms with Crippen LogP contribution in [0.5, 0.6) is 0 Å². The summed E-state index contributed by atoms with van der Waals surface area (Å²) < 4.78 is 27.2. The number of nitrogens with two attached hydrogens (primary N) is 1. The quantitative estimate of drug-likeness (QED) is 0.850. The number of benzene rings is 1. The highest BCUT2D eigenvalue weighted by Gasteiger charge is 2.20. The number of nitrogen functional groups attached to an aromatic ring is 1. The van der Waals surface area contributed by atoms with Crippen molar-refractivity contribution in [2.45, 2.75) is 18.7 Å². The van der Waals surface area contributed by atoms with Crippen LogP contribution in [-0.4, -0.2) is 8.42 Å². The lowest BCUT2D eigenvalue weighted by molar-refractivity contribution is 0.600. The first-order chi connectivity index (χ1) is 8.40. The minimum Gasteiger partial charge on any atom is -0.399 e. The van der Waals surface area contributed by atoms with Crippen LogP contribution in [0.1, 0.15) is 11.1 Å². The number of sulfonamides is 1. The summed E-state index contributed by atoms with van der Waals surface area (Å²) in [5.41, 5.74) is 8.14. The van der Waals surface area contributed by atoms with Crippen LogP contribution < -0.4 is 10.5 Å². The van der Waals surface area contributed by atoms with Crippen LogP contribution in [0.25, 0.3) is 0 Å². The molecule has 0 radical (unpaired) electrons. The molecule has 0 saturated carbocycles. The molecule has 1 aromatic carbocycles. The summed E-state index contributed by atoms with van der Waals surface area (Å²) >= 11 is 1.44. The smallest absolute Gasteiger partial charge is 0.262 e. The first-order valence-electron chi connectivity index (χ1n) is 5.32. The molecule has 6 heteroatoms. The topological polar surface area (TPSA) is 72.2 Å². The summed E-state index contributed by atoms with van der Waals surface area (Å²) in [6.45, 7) is 3.48. The fourth-order valence-corrected chi connectivity index (χ4v) is 4.10. The zero-order valence-corrected chi connectivity index (χ0v) is 11.7. The lowest BCUT2D eigenvalue weighted by Crippen LogP contribution is -2.15. The summed E-state index contributed by atoms with van der Waals surface area (Å²) in [7, 11) is -3.56. The SMILES string of the molecule is Cc1cc(N)cc(C)c1S(=O)(=O)Nc1ccsc1.